The minimum absolute atomic E-state index is 0.239. The van der Waals surface area contributed by atoms with Crippen LogP contribution < -0.4 is 0 Å². The van der Waals surface area contributed by atoms with Gasteiger partial charge in [0.2, 0.25) is 23.6 Å². The normalized spacial score (nSPS) is 18.2. The molecule has 12 heterocycles. The van der Waals surface area contributed by atoms with Gasteiger partial charge in [-0.2, -0.15) is 40.8 Å². The summed E-state index contributed by atoms with van der Waals surface area (Å²) in [6.07, 6.45) is 44.4. The van der Waals surface area contributed by atoms with Gasteiger partial charge in [-0.05, 0) is 208 Å². The number of nitrogens with zero attached hydrogens (tertiary/aromatic N) is 16. The summed E-state index contributed by atoms with van der Waals surface area (Å²) in [5, 5.41) is 50.9. The molecule has 6 aromatic carbocycles. The fourth-order valence-electron chi connectivity index (χ4n) is 18.6. The van der Waals surface area contributed by atoms with E-state index in [9.17, 15) is 19.2 Å². The number of carbonyl (C=O) groups excluding carboxylic acids is 4. The van der Waals surface area contributed by atoms with E-state index < -0.39 is 0 Å². The van der Waals surface area contributed by atoms with Crippen LogP contribution in [-0.4, -0.2) is 175 Å². The second-order valence-corrected chi connectivity index (χ2v) is 34.6. The highest BCUT2D eigenvalue weighted by atomic mass is 16.2. The predicted octanol–water partition coefficient (Wildman–Crippen LogP) is 17.7. The van der Waals surface area contributed by atoms with Crippen molar-refractivity contribution in [3.63, 3.8) is 0 Å². The van der Waals surface area contributed by atoms with Gasteiger partial charge in [0.25, 0.3) is 0 Å². The van der Waals surface area contributed by atoms with E-state index in [-0.39, 0.29) is 17.7 Å². The number of nitrogens with one attached hydrogen (secondary N) is 4. The monoisotopic (exact) mass is 1620 g/mol. The minimum Gasteiger partial charge on any atom is -0.343 e. The molecule has 0 spiro atoms. The lowest BCUT2D eigenvalue weighted by atomic mass is 9.88. The van der Waals surface area contributed by atoms with Crippen LogP contribution in [0.15, 0.2) is 208 Å². The Balaban J connectivity index is 0.000000120. The fraction of sp³-hybridized carbons (Fsp3) is 0.423. The Morgan fingerprint density at radius 3 is 1.03 bits per heavy atom. The van der Waals surface area contributed by atoms with Crippen LogP contribution in [0.2, 0.25) is 0 Å². The third-order valence-electron chi connectivity index (χ3n) is 25.6. The predicted molar refractivity (Wildman–Crippen MR) is 476 cm³/mol. The van der Waals surface area contributed by atoms with E-state index in [1.54, 1.807) is 0 Å². The van der Waals surface area contributed by atoms with Crippen molar-refractivity contribution in [2.45, 2.75) is 175 Å². The van der Waals surface area contributed by atoms with Crippen LogP contribution in [-0.2, 0) is 58.2 Å². The second-order valence-electron chi connectivity index (χ2n) is 34.6. The van der Waals surface area contributed by atoms with Crippen molar-refractivity contribution in [1.82, 2.24) is 99.5 Å². The molecule has 1 saturated carbocycles. The lowest BCUT2D eigenvalue weighted by Crippen LogP contribution is -2.37. The quantitative estimate of drug-likeness (QED) is 0.0555. The average Bonchev–Trinajstić information content (AvgIpc) is 1.68. The molecule has 4 amide bonds. The molecule has 4 unspecified atom stereocenters. The van der Waals surface area contributed by atoms with Crippen LogP contribution in [0.1, 0.15) is 147 Å². The smallest absolute Gasteiger partial charge is 0.226 e. The molecule has 0 radical (unpaired) electrons. The number of rotatable bonds is 20. The summed E-state index contributed by atoms with van der Waals surface area (Å²) in [6, 6.07) is 46.1. The van der Waals surface area contributed by atoms with E-state index in [1.165, 1.54) is 42.3 Å². The highest BCUT2D eigenvalue weighted by Crippen LogP contribution is 2.34. The SMILES string of the molecule is CC(C)CC(=O)N1CCCC(Cn2ncc3cc(-c4cn[nH]c4)ccc32)CC1.O=C(C1CCCCC1)N1CCCC(Cn2ncc3cc(-c4cn[nH]c4)ccc32)CC1.O=C(CCc1ccccc1)N1CCCC(Cn2ncc3cc(-c4cn[nH]c4)ccc32)CC1.O=C(Cc1ccccc1)N1CCCC(Cn2ncc3cc(-c4cn[nH]c4)ccc32)CC1. The van der Waals surface area contributed by atoms with Crippen molar-refractivity contribution in [1.29, 1.82) is 0 Å². The zero-order valence-electron chi connectivity index (χ0n) is 70.2. The number of H-pyrrole nitrogens is 4. The molecular weight excluding hydrogens is 1510 g/mol. The summed E-state index contributed by atoms with van der Waals surface area (Å²) in [4.78, 5) is 59.2. The van der Waals surface area contributed by atoms with Crippen molar-refractivity contribution in [2.75, 3.05) is 52.4 Å². The number of likely N-dealkylation sites (tertiary alicyclic amines) is 4. The van der Waals surface area contributed by atoms with Crippen molar-refractivity contribution < 1.29 is 19.2 Å². The van der Waals surface area contributed by atoms with Gasteiger partial charge in [0, 0.05) is 166 Å². The molecule has 0 bridgehead atoms. The molecule has 1 aliphatic carbocycles. The third-order valence-corrected chi connectivity index (χ3v) is 25.6. The van der Waals surface area contributed by atoms with E-state index in [1.807, 2.05) is 128 Å². The molecule has 628 valence electrons. The maximum absolute atomic E-state index is 12.9. The van der Waals surface area contributed by atoms with E-state index >= 15 is 0 Å². The average molecular weight is 1630 g/mol. The number of hydrogen-bond acceptors (Lipinski definition) is 12. The largest absolute Gasteiger partial charge is 0.343 e. The van der Waals surface area contributed by atoms with Crippen LogP contribution in [0.3, 0.4) is 0 Å². The number of amides is 4. The molecule has 121 heavy (non-hydrogen) atoms. The maximum atomic E-state index is 12.9. The summed E-state index contributed by atoms with van der Waals surface area (Å²) in [5.41, 5.74) is 15.9. The number of aromatic amines is 4. The molecular formula is C97H116N20O4. The van der Waals surface area contributed by atoms with Gasteiger partial charge in [-0.25, -0.2) is 0 Å². The number of benzene rings is 6. The number of aryl methyl sites for hydroxylation is 1. The van der Waals surface area contributed by atoms with Crippen molar-refractivity contribution >= 4 is 67.2 Å². The molecule has 8 aromatic heterocycles. The summed E-state index contributed by atoms with van der Waals surface area (Å²) in [7, 11) is 0. The van der Waals surface area contributed by atoms with Gasteiger partial charge in [-0.15, -0.1) is 0 Å². The Bertz CT molecular complexity index is 5610. The molecule has 4 atom stereocenters. The molecule has 14 aromatic rings. The first-order valence-corrected chi connectivity index (χ1v) is 44.4. The molecule has 4 aliphatic heterocycles. The number of carbonyl (C=O) groups is 4. The Morgan fingerprint density at radius 1 is 0.339 bits per heavy atom. The van der Waals surface area contributed by atoms with Crippen LogP contribution in [0.25, 0.3) is 88.1 Å². The van der Waals surface area contributed by atoms with Crippen molar-refractivity contribution in [2.24, 2.45) is 35.5 Å². The van der Waals surface area contributed by atoms with Gasteiger partial charge in [-0.1, -0.05) is 118 Å². The van der Waals surface area contributed by atoms with E-state index in [4.69, 9.17) is 0 Å². The second kappa shape index (κ2) is 40.3. The van der Waals surface area contributed by atoms with Gasteiger partial charge in [0.15, 0.2) is 0 Å². The van der Waals surface area contributed by atoms with E-state index in [0.29, 0.717) is 60.7 Å². The fourth-order valence-corrected chi connectivity index (χ4v) is 18.6. The highest BCUT2D eigenvalue weighted by molar-refractivity contribution is 5.88. The zero-order chi connectivity index (χ0) is 82.6. The summed E-state index contributed by atoms with van der Waals surface area (Å²) < 4.78 is 8.54. The van der Waals surface area contributed by atoms with Gasteiger partial charge >= 0.3 is 0 Å². The van der Waals surface area contributed by atoms with E-state index in [2.05, 4.69) is 193 Å². The number of hydrogen-bond donors (Lipinski definition) is 4. The first-order valence-electron chi connectivity index (χ1n) is 44.4. The lowest BCUT2D eigenvalue weighted by Gasteiger charge is -2.28. The van der Waals surface area contributed by atoms with Gasteiger partial charge < -0.3 is 19.6 Å². The highest BCUT2D eigenvalue weighted by Gasteiger charge is 2.30. The van der Waals surface area contributed by atoms with Crippen LogP contribution in [0.4, 0.5) is 0 Å². The van der Waals surface area contributed by atoms with Crippen molar-refractivity contribution in [3.8, 4) is 44.5 Å². The van der Waals surface area contributed by atoms with Crippen LogP contribution in [0.5, 0.6) is 0 Å². The Hall–Kier alpha value is -12.1. The topological polar surface area (TPSA) is 267 Å². The standard InChI is InChI=1S/C26H29N5O.C25H27N5O.C24H31N5O.C22H29N5O/c32-26(11-8-20-5-2-1-3-6-20)30-13-4-7-21(12-14-30)19-31-25-10-9-22(15-23(25)18-29-31)24-16-27-28-17-24;31-25(13-19-5-2-1-3-6-19)29-11-4-7-20(10-12-29)18-30-24-9-8-21(14-22(24)17-28-30)23-15-26-27-16-23;30-24(19-6-2-1-3-7-19)28-11-4-5-18(10-12-28)17-29-23-9-8-20(13-21(23)16-27-29)22-14-25-26-15-22;1-16(2)10-22(28)26-8-3-4-17(7-9-26)15-27-21-6-5-18(11-19(21)14-25-27)20-12-23-24-13-20/h1-3,5-6,9-10,15-18,21H,4,7-8,11-14,19H2,(H,27,28);1-3,5-6,8-9,14-17,20H,4,7,10-13,18H2,(H,26,27);8-9,13-16,18-19H,1-7,10-12,17H2,(H,25,26);5-6,11-14,16-17H,3-4,7-10,15H2,1-2H3,(H,23,24). The Kier molecular flexibility index (Phi) is 27.5. The molecule has 24 heteroatoms. The molecule has 24 nitrogen and oxygen atoms in total. The zero-order valence-corrected chi connectivity index (χ0v) is 70.2. The van der Waals surface area contributed by atoms with Crippen molar-refractivity contribution in [3.05, 3.63) is 219 Å². The molecule has 4 N–H and O–H groups in total. The van der Waals surface area contributed by atoms with Gasteiger partial charge in [0.05, 0.1) is 78.1 Å². The number of aromatic nitrogens is 16. The maximum Gasteiger partial charge on any atom is 0.226 e. The van der Waals surface area contributed by atoms with Crippen LogP contribution >= 0.6 is 0 Å². The first-order chi connectivity index (χ1) is 59.4. The van der Waals surface area contributed by atoms with Gasteiger partial charge in [0.1, 0.15) is 0 Å². The molecule has 5 fully saturated rings. The third kappa shape index (κ3) is 21.6. The summed E-state index contributed by atoms with van der Waals surface area (Å²) in [5.74, 6) is 4.18. The van der Waals surface area contributed by atoms with E-state index in [0.717, 1.165) is 251 Å². The molecule has 19 rings (SSSR count). The summed E-state index contributed by atoms with van der Waals surface area (Å²) in [6.45, 7) is 14.9. The van der Waals surface area contributed by atoms with Gasteiger partial charge in [-0.3, -0.25) is 58.3 Å². The molecule has 5 aliphatic rings. The molecule has 4 saturated heterocycles. The lowest BCUT2D eigenvalue weighted by molar-refractivity contribution is -0.136. The Morgan fingerprint density at radius 2 is 0.678 bits per heavy atom. The Labute approximate surface area is 708 Å². The minimum atomic E-state index is 0.239. The number of fused-ring (bicyclic) bond motifs is 4. The summed E-state index contributed by atoms with van der Waals surface area (Å²) >= 11 is 0. The first kappa shape index (κ1) is 82.6. The van der Waals surface area contributed by atoms with Crippen LogP contribution in [0, 0.1) is 35.5 Å².